The number of nitrogens with one attached hydrogen (secondary N) is 3. The van der Waals surface area contributed by atoms with Gasteiger partial charge in [-0.1, -0.05) is 6.92 Å². The lowest BCUT2D eigenvalue weighted by molar-refractivity contribution is -0.134. The van der Waals surface area contributed by atoms with E-state index in [1.54, 1.807) is 45.7 Å². The molecular weight excluding hydrogens is 934 g/mol. The molecule has 4 aliphatic rings. The molecule has 0 saturated carbocycles. The van der Waals surface area contributed by atoms with Gasteiger partial charge in [-0.15, -0.1) is 0 Å². The van der Waals surface area contributed by atoms with Crippen molar-refractivity contribution in [1.82, 2.24) is 25.2 Å². The Morgan fingerprint density at radius 2 is 1.62 bits per heavy atom. The number of ether oxygens (including phenoxy) is 1. The van der Waals surface area contributed by atoms with Crippen molar-refractivity contribution in [2.75, 3.05) is 80.1 Å². The molecule has 1 atom stereocenters. The third kappa shape index (κ3) is 8.98. The number of amides is 2. The van der Waals surface area contributed by atoms with E-state index < -0.39 is 42.3 Å². The smallest absolute Gasteiger partial charge is 0.234 e. The molecule has 18 heteroatoms. The van der Waals surface area contributed by atoms with E-state index in [2.05, 4.69) is 70.7 Å². The molecule has 0 bridgehead atoms. The van der Waals surface area contributed by atoms with E-state index in [4.69, 9.17) is 9.72 Å². The molecule has 348 valence electrons. The highest BCUT2D eigenvalue weighted by Gasteiger charge is 2.47. The summed E-state index contributed by atoms with van der Waals surface area (Å²) in [5, 5.41) is 9.86. The predicted molar refractivity (Wildman–Crippen MR) is 256 cm³/mol. The summed E-state index contributed by atoms with van der Waals surface area (Å²) >= 11 is 3.57. The first-order chi connectivity index (χ1) is 31.5. The van der Waals surface area contributed by atoms with Crippen molar-refractivity contribution in [2.24, 2.45) is 5.41 Å². The standard InChI is InChI=1S/C48H54BrF3N9O4P/c1-6-28-19-39(56-47-53-24-33(49)45(58-47)55-38-9-8-37-32(44(38)66(4,5)64)22-34(50)27(2)54-37)41(65-3)23-40(28)60-17-13-48(14-18-60)25-61(26-48)29-11-15-59(16-12-29)30-20-35(51)43(36(52)21-30)31-7-10-42(62)57-46(31)63/h8-9,19-24,29,31H,6-7,10-18,25-26H2,1-5H3,(H,57,62,63)(H2,53,55,56,58)/t31-/m1/s1. The number of methoxy groups -OCH3 is 1. The van der Waals surface area contributed by atoms with Gasteiger partial charge in [0.15, 0.2) is 0 Å². The Morgan fingerprint density at radius 1 is 0.909 bits per heavy atom. The molecule has 2 amide bonds. The van der Waals surface area contributed by atoms with E-state index in [1.165, 1.54) is 18.2 Å². The van der Waals surface area contributed by atoms with Gasteiger partial charge in [0.2, 0.25) is 17.8 Å². The number of carbonyl (C=O) groups is 2. The van der Waals surface area contributed by atoms with Gasteiger partial charge in [0.1, 0.15) is 36.2 Å². The maximum atomic E-state index is 15.3. The third-order valence-electron chi connectivity index (χ3n) is 13.9. The fourth-order valence-corrected chi connectivity index (χ4v) is 12.1. The quantitative estimate of drug-likeness (QED) is 0.0859. The second-order valence-electron chi connectivity index (χ2n) is 18.5. The number of carbonyl (C=O) groups excluding carboxylic acids is 2. The first-order valence-electron chi connectivity index (χ1n) is 22.5. The third-order valence-corrected chi connectivity index (χ3v) is 16.0. The van der Waals surface area contributed by atoms with Crippen LogP contribution in [-0.4, -0.2) is 97.4 Å². The molecule has 3 N–H and O–H groups in total. The summed E-state index contributed by atoms with van der Waals surface area (Å²) in [5.41, 5.74) is 4.87. The predicted octanol–water partition coefficient (Wildman–Crippen LogP) is 8.91. The van der Waals surface area contributed by atoms with Gasteiger partial charge in [-0.05, 0) is 122 Å². The fraction of sp³-hybridized carbons (Fsp3) is 0.438. The number of likely N-dealkylation sites (tertiary alicyclic amines) is 1. The number of nitrogens with zero attached hydrogens (tertiary/aromatic N) is 6. The summed E-state index contributed by atoms with van der Waals surface area (Å²) in [5.74, 6) is -2.64. The average Bonchev–Trinajstić information content (AvgIpc) is 3.27. The van der Waals surface area contributed by atoms with E-state index in [1.807, 2.05) is 4.90 Å². The summed E-state index contributed by atoms with van der Waals surface area (Å²) in [6, 6.07) is 12.2. The lowest BCUT2D eigenvalue weighted by atomic mass is 9.70. The topological polar surface area (TPSA) is 145 Å². The van der Waals surface area contributed by atoms with Gasteiger partial charge >= 0.3 is 0 Å². The summed E-state index contributed by atoms with van der Waals surface area (Å²) in [7, 11) is -1.28. The van der Waals surface area contributed by atoms with Crippen molar-refractivity contribution >= 4 is 85.6 Å². The maximum absolute atomic E-state index is 15.3. The van der Waals surface area contributed by atoms with Crippen LogP contribution in [0.1, 0.15) is 68.2 Å². The Hall–Kier alpha value is -5.25. The molecular formula is C48H54BrF3N9O4P. The van der Waals surface area contributed by atoms with Crippen LogP contribution in [-0.2, 0) is 20.6 Å². The number of hydrogen-bond acceptors (Lipinski definition) is 12. The number of aromatic nitrogens is 3. The molecule has 0 radical (unpaired) electrons. The molecule has 5 aromatic rings. The van der Waals surface area contributed by atoms with E-state index in [0.29, 0.717) is 68.7 Å². The zero-order valence-electron chi connectivity index (χ0n) is 37.7. The molecule has 0 aliphatic carbocycles. The van der Waals surface area contributed by atoms with Crippen molar-refractivity contribution in [2.45, 2.75) is 70.8 Å². The number of piperidine rings is 3. The Balaban J connectivity index is 0.822. The van der Waals surface area contributed by atoms with Crippen LogP contribution in [0.25, 0.3) is 10.9 Å². The van der Waals surface area contributed by atoms with E-state index in [9.17, 15) is 18.5 Å². The zero-order valence-corrected chi connectivity index (χ0v) is 40.2. The molecule has 66 heavy (non-hydrogen) atoms. The van der Waals surface area contributed by atoms with Gasteiger partial charge in [0, 0.05) is 91.6 Å². The van der Waals surface area contributed by atoms with Gasteiger partial charge in [-0.25, -0.2) is 18.2 Å². The highest BCUT2D eigenvalue weighted by Crippen LogP contribution is 2.46. The first-order valence-corrected chi connectivity index (χ1v) is 25.9. The summed E-state index contributed by atoms with van der Waals surface area (Å²) in [6.45, 7) is 12.4. The average molecular weight is 989 g/mol. The summed E-state index contributed by atoms with van der Waals surface area (Å²) in [4.78, 5) is 44.7. The number of anilines is 6. The Bertz CT molecular complexity index is 2760. The largest absolute Gasteiger partial charge is 0.494 e. The van der Waals surface area contributed by atoms with Gasteiger partial charge < -0.3 is 29.7 Å². The molecule has 3 aromatic carbocycles. The maximum Gasteiger partial charge on any atom is 0.234 e. The van der Waals surface area contributed by atoms with E-state index >= 15 is 8.78 Å². The van der Waals surface area contributed by atoms with Crippen molar-refractivity contribution < 1.29 is 32.1 Å². The number of rotatable bonds is 11. The zero-order chi connectivity index (χ0) is 46.7. The molecule has 0 unspecified atom stereocenters. The highest BCUT2D eigenvalue weighted by atomic mass is 79.9. The monoisotopic (exact) mass is 987 g/mol. The SMILES string of the molecule is CCc1cc(Nc2ncc(Br)c(Nc3ccc4nc(C)c(F)cc4c3P(C)(C)=O)n2)c(OC)cc1N1CCC2(CC1)CN(C1CCN(c3cc(F)c([C@H]4CCC(=O)NC4=O)c(F)c3)CC1)C2. The van der Waals surface area contributed by atoms with Crippen LogP contribution >= 0.6 is 23.1 Å². The minimum absolute atomic E-state index is 0.0569. The molecule has 2 aromatic heterocycles. The first kappa shape index (κ1) is 45.9. The van der Waals surface area contributed by atoms with Crippen LogP contribution < -0.4 is 35.8 Å². The number of imide groups is 1. The highest BCUT2D eigenvalue weighted by molar-refractivity contribution is 9.10. The molecule has 6 heterocycles. The summed E-state index contributed by atoms with van der Waals surface area (Å²) < 4.78 is 65.5. The minimum atomic E-state index is -2.92. The number of hydrogen-bond donors (Lipinski definition) is 3. The van der Waals surface area contributed by atoms with Crippen LogP contribution in [0, 0.1) is 29.8 Å². The minimum Gasteiger partial charge on any atom is -0.494 e. The molecule has 1 spiro atoms. The van der Waals surface area contributed by atoms with Crippen molar-refractivity contribution in [3.8, 4) is 5.75 Å². The van der Waals surface area contributed by atoms with Crippen LogP contribution in [0.5, 0.6) is 5.75 Å². The van der Waals surface area contributed by atoms with Crippen molar-refractivity contribution in [3.63, 3.8) is 0 Å². The van der Waals surface area contributed by atoms with Crippen molar-refractivity contribution in [3.05, 3.63) is 87.4 Å². The number of halogens is 4. The number of benzene rings is 3. The number of fused-ring (bicyclic) bond motifs is 1. The normalized spacial score (nSPS) is 19.3. The lowest BCUT2D eigenvalue weighted by Gasteiger charge is -2.57. The molecule has 4 aliphatic heterocycles. The molecule has 4 saturated heterocycles. The van der Waals surface area contributed by atoms with Crippen LogP contribution in [0.2, 0.25) is 0 Å². The van der Waals surface area contributed by atoms with Gasteiger partial charge in [-0.2, -0.15) is 4.98 Å². The van der Waals surface area contributed by atoms with Gasteiger partial charge in [-0.3, -0.25) is 24.8 Å². The second-order valence-corrected chi connectivity index (χ2v) is 22.6. The van der Waals surface area contributed by atoms with Gasteiger partial charge in [0.25, 0.3) is 0 Å². The van der Waals surface area contributed by atoms with Crippen LogP contribution in [0.15, 0.2) is 53.1 Å². The number of aryl methyl sites for hydroxylation is 2. The fourth-order valence-electron chi connectivity index (χ4n) is 10.4. The Labute approximate surface area is 390 Å². The lowest BCUT2D eigenvalue weighted by Crippen LogP contribution is -2.64. The summed E-state index contributed by atoms with van der Waals surface area (Å²) in [6.07, 6.45) is 6.53. The molecule has 4 fully saturated rings. The van der Waals surface area contributed by atoms with Crippen molar-refractivity contribution in [1.29, 1.82) is 0 Å². The van der Waals surface area contributed by atoms with Crippen LogP contribution in [0.4, 0.5) is 47.7 Å². The molecule has 9 rings (SSSR count). The van der Waals surface area contributed by atoms with Crippen LogP contribution in [0.3, 0.4) is 0 Å². The Morgan fingerprint density at radius 3 is 2.27 bits per heavy atom. The number of pyridine rings is 1. The van der Waals surface area contributed by atoms with E-state index in [0.717, 1.165) is 75.2 Å². The van der Waals surface area contributed by atoms with Gasteiger partial charge in [0.05, 0.1) is 40.1 Å². The van der Waals surface area contributed by atoms with E-state index in [-0.39, 0.29) is 29.5 Å². The molecule has 13 nitrogen and oxygen atoms in total. The second kappa shape index (κ2) is 18.1. The Kier molecular flexibility index (Phi) is 12.6.